The van der Waals surface area contributed by atoms with E-state index in [9.17, 15) is 0 Å². The lowest BCUT2D eigenvalue weighted by Crippen LogP contribution is -2.39. The molecule has 0 aliphatic heterocycles. The molecule has 0 aliphatic rings. The molecule has 80 valence electrons. The number of likely N-dealkylation sites (N-methyl/N-ethyl adjacent to an activating group) is 1. The smallest absolute Gasteiger partial charge is 0.240 e. The van der Waals surface area contributed by atoms with Gasteiger partial charge in [-0.25, -0.2) is 0 Å². The van der Waals surface area contributed by atoms with Gasteiger partial charge in [0.05, 0.1) is 27.7 Å². The molecule has 0 fully saturated rings. The molecule has 1 N–H and O–H groups in total. The van der Waals surface area contributed by atoms with Gasteiger partial charge in [-0.3, -0.25) is 0 Å². The molecule has 0 aromatic rings. The van der Waals surface area contributed by atoms with Crippen LogP contribution in [-0.2, 0) is 4.74 Å². The van der Waals surface area contributed by atoms with E-state index in [-0.39, 0.29) is 0 Å². The van der Waals surface area contributed by atoms with E-state index < -0.39 is 10.1 Å². The Labute approximate surface area is 93.7 Å². The standard InChI is InChI=1S/C7H15Cl3NO2/c1-11(2,3)4-5-13-6(12)7(8,9)10/h6,12H,4-5H2,1-3H3/q+1. The van der Waals surface area contributed by atoms with Crippen LogP contribution in [0.3, 0.4) is 0 Å². The van der Waals surface area contributed by atoms with E-state index in [0.29, 0.717) is 6.61 Å². The molecule has 0 radical (unpaired) electrons. The third-order valence-electron chi connectivity index (χ3n) is 1.32. The van der Waals surface area contributed by atoms with E-state index in [0.717, 1.165) is 11.0 Å². The van der Waals surface area contributed by atoms with Crippen molar-refractivity contribution in [2.75, 3.05) is 34.3 Å². The van der Waals surface area contributed by atoms with E-state index in [1.54, 1.807) is 0 Å². The molecule has 0 bridgehead atoms. The summed E-state index contributed by atoms with van der Waals surface area (Å²) in [7, 11) is 6.02. The zero-order valence-electron chi connectivity index (χ0n) is 7.93. The molecule has 1 unspecified atom stereocenters. The Hall–Kier alpha value is 0.750. The second-order valence-electron chi connectivity index (χ2n) is 3.78. The van der Waals surface area contributed by atoms with Crippen LogP contribution in [0.4, 0.5) is 0 Å². The molecule has 0 spiro atoms. The fraction of sp³-hybridized carbons (Fsp3) is 1.00. The summed E-state index contributed by atoms with van der Waals surface area (Å²) in [6.07, 6.45) is -1.37. The molecule has 0 amide bonds. The second-order valence-corrected chi connectivity index (χ2v) is 6.15. The number of aliphatic hydroxyl groups is 1. The van der Waals surface area contributed by atoms with Gasteiger partial charge >= 0.3 is 0 Å². The van der Waals surface area contributed by atoms with Crippen molar-refractivity contribution >= 4 is 34.8 Å². The summed E-state index contributed by atoms with van der Waals surface area (Å²) in [4.78, 5) is 0. The highest BCUT2D eigenvalue weighted by Crippen LogP contribution is 2.30. The number of hydrogen-bond donors (Lipinski definition) is 1. The molecule has 13 heavy (non-hydrogen) atoms. The minimum absolute atomic E-state index is 0.346. The molecule has 0 aliphatic carbocycles. The first-order chi connectivity index (χ1) is 5.63. The molecule has 3 nitrogen and oxygen atoms in total. The molecular formula is C7H15Cl3NO2+. The average molecular weight is 252 g/mol. The van der Waals surface area contributed by atoms with Crippen LogP contribution in [0.25, 0.3) is 0 Å². The van der Waals surface area contributed by atoms with Gasteiger partial charge in [-0.05, 0) is 0 Å². The van der Waals surface area contributed by atoms with Gasteiger partial charge < -0.3 is 14.3 Å². The zero-order valence-corrected chi connectivity index (χ0v) is 10.2. The summed E-state index contributed by atoms with van der Waals surface area (Å²) < 4.78 is 3.88. The number of alkyl halides is 3. The Bertz CT molecular complexity index is 153. The zero-order chi connectivity index (χ0) is 10.7. The first-order valence-electron chi connectivity index (χ1n) is 3.80. The summed E-state index contributed by atoms with van der Waals surface area (Å²) in [5.74, 6) is 0. The van der Waals surface area contributed by atoms with Gasteiger partial charge in [0, 0.05) is 0 Å². The van der Waals surface area contributed by atoms with Crippen molar-refractivity contribution in [3.63, 3.8) is 0 Å². The van der Waals surface area contributed by atoms with E-state index in [1.807, 2.05) is 21.1 Å². The van der Waals surface area contributed by atoms with Crippen molar-refractivity contribution in [2.45, 2.75) is 10.1 Å². The highest BCUT2D eigenvalue weighted by atomic mass is 35.6. The predicted octanol–water partition coefficient (Wildman–Crippen LogP) is 1.40. The monoisotopic (exact) mass is 250 g/mol. The third kappa shape index (κ3) is 7.79. The van der Waals surface area contributed by atoms with Gasteiger partial charge in [0.25, 0.3) is 0 Å². The summed E-state index contributed by atoms with van der Waals surface area (Å²) in [6.45, 7) is 1.08. The van der Waals surface area contributed by atoms with E-state index in [2.05, 4.69) is 0 Å². The van der Waals surface area contributed by atoms with Gasteiger partial charge in [-0.15, -0.1) is 0 Å². The Balaban J connectivity index is 3.67. The first-order valence-corrected chi connectivity index (χ1v) is 4.93. The predicted molar refractivity (Wildman–Crippen MR) is 55.1 cm³/mol. The van der Waals surface area contributed by atoms with Crippen LogP contribution in [0.5, 0.6) is 0 Å². The average Bonchev–Trinajstić information content (AvgIpc) is 1.82. The summed E-state index contributed by atoms with van der Waals surface area (Å²) in [5, 5.41) is 9.16. The van der Waals surface area contributed by atoms with E-state index in [4.69, 9.17) is 44.6 Å². The van der Waals surface area contributed by atoms with Crippen LogP contribution in [0.2, 0.25) is 0 Å². The van der Waals surface area contributed by atoms with Crippen molar-refractivity contribution < 1.29 is 14.3 Å². The van der Waals surface area contributed by atoms with Gasteiger partial charge in [0.2, 0.25) is 10.1 Å². The maximum Gasteiger partial charge on any atom is 0.240 e. The maximum absolute atomic E-state index is 9.16. The quantitative estimate of drug-likeness (QED) is 0.465. The van der Waals surface area contributed by atoms with Crippen LogP contribution >= 0.6 is 34.8 Å². The van der Waals surface area contributed by atoms with Crippen molar-refractivity contribution in [3.8, 4) is 0 Å². The minimum Gasteiger partial charge on any atom is -0.365 e. The summed E-state index contributed by atoms with van der Waals surface area (Å²) >= 11 is 16.2. The van der Waals surface area contributed by atoms with Crippen molar-refractivity contribution in [1.29, 1.82) is 0 Å². The Morgan fingerprint density at radius 2 is 1.77 bits per heavy atom. The largest absolute Gasteiger partial charge is 0.365 e. The molecule has 0 aromatic heterocycles. The Morgan fingerprint density at radius 3 is 2.08 bits per heavy atom. The molecule has 0 rings (SSSR count). The Morgan fingerprint density at radius 1 is 1.31 bits per heavy atom. The maximum atomic E-state index is 9.16. The van der Waals surface area contributed by atoms with E-state index >= 15 is 0 Å². The molecule has 0 saturated heterocycles. The molecule has 0 heterocycles. The number of ether oxygens (including phenoxy) is 1. The molecule has 0 saturated carbocycles. The number of rotatable bonds is 4. The molecule has 0 aromatic carbocycles. The van der Waals surface area contributed by atoms with Crippen LogP contribution in [0, 0.1) is 0 Å². The highest BCUT2D eigenvalue weighted by molar-refractivity contribution is 6.67. The lowest BCUT2D eigenvalue weighted by Gasteiger charge is -2.25. The molecule has 1 atom stereocenters. The third-order valence-corrected chi connectivity index (χ3v) is 1.88. The lowest BCUT2D eigenvalue weighted by atomic mass is 10.5. The fourth-order valence-corrected chi connectivity index (χ4v) is 0.722. The Kier molecular flexibility index (Phi) is 5.30. The van der Waals surface area contributed by atoms with Gasteiger partial charge in [-0.2, -0.15) is 0 Å². The van der Waals surface area contributed by atoms with Gasteiger partial charge in [0.1, 0.15) is 6.54 Å². The number of halogens is 3. The van der Waals surface area contributed by atoms with Crippen molar-refractivity contribution in [1.82, 2.24) is 0 Å². The van der Waals surface area contributed by atoms with Crippen molar-refractivity contribution in [2.24, 2.45) is 0 Å². The van der Waals surface area contributed by atoms with Crippen LogP contribution < -0.4 is 0 Å². The lowest BCUT2D eigenvalue weighted by molar-refractivity contribution is -0.871. The minimum atomic E-state index is -1.77. The molecular weight excluding hydrogens is 236 g/mol. The van der Waals surface area contributed by atoms with Gasteiger partial charge in [0.15, 0.2) is 0 Å². The van der Waals surface area contributed by atoms with E-state index in [1.165, 1.54) is 0 Å². The highest BCUT2D eigenvalue weighted by Gasteiger charge is 2.31. The molecule has 6 heteroatoms. The number of quaternary nitrogens is 1. The SMILES string of the molecule is C[N+](C)(C)CCOC(O)C(Cl)(Cl)Cl. The first kappa shape index (κ1) is 13.8. The number of hydrogen-bond acceptors (Lipinski definition) is 2. The summed E-state index contributed by atoms with van der Waals surface area (Å²) in [5.41, 5.74) is 0. The van der Waals surface area contributed by atoms with Crippen LogP contribution in [0.1, 0.15) is 0 Å². The topological polar surface area (TPSA) is 29.5 Å². The summed E-state index contributed by atoms with van der Waals surface area (Å²) in [6, 6.07) is 0. The normalized spacial score (nSPS) is 15.9. The number of aliphatic hydroxyl groups excluding tert-OH is 1. The van der Waals surface area contributed by atoms with Gasteiger partial charge in [-0.1, -0.05) is 34.8 Å². The van der Waals surface area contributed by atoms with Crippen molar-refractivity contribution in [3.05, 3.63) is 0 Å². The fourth-order valence-electron chi connectivity index (χ4n) is 0.533. The van der Waals surface area contributed by atoms with Crippen LogP contribution in [-0.4, -0.2) is 54.0 Å². The van der Waals surface area contributed by atoms with Crippen LogP contribution in [0.15, 0.2) is 0 Å². The number of nitrogens with zero attached hydrogens (tertiary/aromatic N) is 1. The second kappa shape index (κ2) is 5.01.